The summed E-state index contributed by atoms with van der Waals surface area (Å²) in [4.78, 5) is 23.8. The minimum Gasteiger partial charge on any atom is -0.508 e. The van der Waals surface area contributed by atoms with Gasteiger partial charge in [-0.3, -0.25) is 4.79 Å². The Bertz CT molecular complexity index is 1330. The number of carbonyl (C=O) groups is 1. The van der Waals surface area contributed by atoms with Gasteiger partial charge in [0.25, 0.3) is 0 Å². The molecule has 13 nitrogen and oxygen atoms in total. The Morgan fingerprint density at radius 3 is 2.29 bits per heavy atom. The monoisotopic (exact) mass is 478 g/mol. The third-order valence-electron chi connectivity index (χ3n) is 5.21. The number of hydrogen-bond acceptors (Lipinski definition) is 12. The molecule has 0 bridgehead atoms. The number of hydrogen-bond donors (Lipinski definition) is 8. The number of aliphatic hydroxyl groups excluding tert-OH is 3. The highest BCUT2D eigenvalue weighted by molar-refractivity contribution is 5.88. The molecule has 0 aliphatic carbocycles. The maximum atomic E-state index is 12.5. The lowest BCUT2D eigenvalue weighted by atomic mass is 9.99. The number of phenols is 3. The molecular weight excluding hydrogens is 460 g/mol. The van der Waals surface area contributed by atoms with Crippen molar-refractivity contribution in [1.29, 1.82) is 0 Å². The van der Waals surface area contributed by atoms with Gasteiger partial charge in [-0.15, -0.1) is 0 Å². The molecule has 5 atom stereocenters. The van der Waals surface area contributed by atoms with Crippen LogP contribution in [0.4, 0.5) is 0 Å². The van der Waals surface area contributed by atoms with Gasteiger partial charge in [0.15, 0.2) is 23.4 Å². The van der Waals surface area contributed by atoms with E-state index in [1.807, 2.05) is 0 Å². The predicted molar refractivity (Wildman–Crippen MR) is 110 cm³/mol. The van der Waals surface area contributed by atoms with Crippen molar-refractivity contribution in [3.63, 3.8) is 0 Å². The molecule has 180 valence electrons. The Morgan fingerprint density at radius 1 is 0.912 bits per heavy atom. The summed E-state index contributed by atoms with van der Waals surface area (Å²) >= 11 is 0. The van der Waals surface area contributed by atoms with Crippen molar-refractivity contribution in [2.45, 2.75) is 30.7 Å². The molecule has 0 spiro atoms. The second-order valence-electron chi connectivity index (χ2n) is 7.48. The van der Waals surface area contributed by atoms with Crippen LogP contribution in [0.5, 0.6) is 28.7 Å². The minimum atomic E-state index is -1.95. The van der Waals surface area contributed by atoms with Crippen molar-refractivity contribution >= 4 is 16.9 Å². The fourth-order valence-electron chi connectivity index (χ4n) is 3.50. The van der Waals surface area contributed by atoms with Gasteiger partial charge in [-0.1, -0.05) is 0 Å². The second kappa shape index (κ2) is 8.39. The van der Waals surface area contributed by atoms with Crippen molar-refractivity contribution in [2.24, 2.45) is 0 Å². The Kier molecular flexibility index (Phi) is 5.70. The highest BCUT2D eigenvalue weighted by atomic mass is 16.7. The smallest absolute Gasteiger partial charge is 0.335 e. The molecule has 8 N–H and O–H groups in total. The zero-order valence-corrected chi connectivity index (χ0v) is 16.9. The first kappa shape index (κ1) is 23.1. The first-order valence-electron chi connectivity index (χ1n) is 9.64. The van der Waals surface area contributed by atoms with E-state index < -0.39 is 76.6 Å². The molecule has 0 amide bonds. The summed E-state index contributed by atoms with van der Waals surface area (Å²) < 4.78 is 15.8. The van der Waals surface area contributed by atoms with E-state index in [4.69, 9.17) is 19.0 Å². The zero-order chi connectivity index (χ0) is 24.9. The van der Waals surface area contributed by atoms with Crippen LogP contribution in [-0.4, -0.2) is 77.5 Å². The lowest BCUT2D eigenvalue weighted by Crippen LogP contribution is -2.61. The van der Waals surface area contributed by atoms with Gasteiger partial charge in [-0.25, -0.2) is 4.79 Å². The Balaban J connectivity index is 1.75. The molecule has 13 heteroatoms. The normalized spacial score (nSPS) is 24.7. The molecule has 34 heavy (non-hydrogen) atoms. The number of phenolic OH excluding ortho intramolecular Hbond substituents is 3. The molecule has 1 aromatic heterocycles. The molecular formula is C21H18O13. The largest absolute Gasteiger partial charge is 0.508 e. The fourth-order valence-corrected chi connectivity index (χ4v) is 3.50. The number of aliphatic hydroxyl groups is 3. The van der Waals surface area contributed by atoms with Crippen molar-refractivity contribution < 1.29 is 59.5 Å². The van der Waals surface area contributed by atoms with Crippen LogP contribution in [0.3, 0.4) is 0 Å². The molecule has 1 aliphatic rings. The van der Waals surface area contributed by atoms with Crippen LogP contribution in [0.15, 0.2) is 39.5 Å². The highest BCUT2D eigenvalue weighted by Crippen LogP contribution is 2.39. The van der Waals surface area contributed by atoms with Gasteiger partial charge in [0.05, 0.1) is 0 Å². The van der Waals surface area contributed by atoms with E-state index in [-0.39, 0.29) is 16.5 Å². The Morgan fingerprint density at radius 2 is 1.62 bits per heavy atom. The highest BCUT2D eigenvalue weighted by Gasteiger charge is 2.48. The van der Waals surface area contributed by atoms with E-state index in [0.29, 0.717) is 0 Å². The van der Waals surface area contributed by atoms with E-state index in [0.717, 1.165) is 24.3 Å². The van der Waals surface area contributed by atoms with Crippen molar-refractivity contribution in [2.75, 3.05) is 0 Å². The number of rotatable bonds is 4. The molecule has 1 aliphatic heterocycles. The van der Waals surface area contributed by atoms with Crippen molar-refractivity contribution in [1.82, 2.24) is 0 Å². The molecule has 3 aromatic rings. The number of benzene rings is 2. The topological polar surface area (TPSA) is 228 Å². The third-order valence-corrected chi connectivity index (χ3v) is 5.21. The van der Waals surface area contributed by atoms with Gasteiger partial charge in [0.1, 0.15) is 40.8 Å². The second-order valence-corrected chi connectivity index (χ2v) is 7.48. The van der Waals surface area contributed by atoms with Crippen LogP contribution in [-0.2, 0) is 9.53 Å². The molecule has 2 aromatic carbocycles. The summed E-state index contributed by atoms with van der Waals surface area (Å²) in [6.45, 7) is 0. The number of aromatic hydroxyl groups is 4. The van der Waals surface area contributed by atoms with Crippen LogP contribution in [0.2, 0.25) is 0 Å². The number of carboxylic acid groups (broad SMARTS) is 1. The maximum Gasteiger partial charge on any atom is 0.335 e. The SMILES string of the molecule is O=C(O)C1OC(Oc2cc(-c3oc4cc(O)cc(O)c4c(=O)c3O)ccc2O)C(O)C(O)C1O. The van der Waals surface area contributed by atoms with Gasteiger partial charge in [-0.05, 0) is 18.2 Å². The average Bonchev–Trinajstić information content (AvgIpc) is 2.77. The number of fused-ring (bicyclic) bond motifs is 1. The molecule has 0 radical (unpaired) electrons. The summed E-state index contributed by atoms with van der Waals surface area (Å²) in [6, 6.07) is 5.23. The molecule has 0 saturated carbocycles. The van der Waals surface area contributed by atoms with Gasteiger partial charge in [0.2, 0.25) is 17.5 Å². The number of carboxylic acids is 1. The predicted octanol–water partition coefficient (Wildman–Crippen LogP) is -0.447. The summed E-state index contributed by atoms with van der Waals surface area (Å²) in [5, 5.41) is 78.6. The summed E-state index contributed by atoms with van der Waals surface area (Å²) in [5.41, 5.74) is -1.33. The number of ether oxygens (including phenoxy) is 2. The van der Waals surface area contributed by atoms with E-state index in [1.165, 1.54) is 6.07 Å². The molecule has 5 unspecified atom stereocenters. The summed E-state index contributed by atoms with van der Waals surface area (Å²) in [6.07, 6.45) is -9.60. The van der Waals surface area contributed by atoms with Gasteiger partial charge in [-0.2, -0.15) is 0 Å². The van der Waals surface area contributed by atoms with E-state index in [9.17, 15) is 45.3 Å². The Hall–Kier alpha value is -4.04. The van der Waals surface area contributed by atoms with Crippen molar-refractivity contribution in [3.05, 3.63) is 40.6 Å². The lowest BCUT2D eigenvalue weighted by Gasteiger charge is -2.38. The van der Waals surface area contributed by atoms with E-state index in [2.05, 4.69) is 0 Å². The van der Waals surface area contributed by atoms with Gasteiger partial charge in [0, 0.05) is 17.7 Å². The quantitative estimate of drug-likeness (QED) is 0.238. The Labute approximate surface area is 188 Å². The van der Waals surface area contributed by atoms with Gasteiger partial charge >= 0.3 is 5.97 Å². The number of aliphatic carboxylic acids is 1. The maximum absolute atomic E-state index is 12.5. The summed E-state index contributed by atoms with van der Waals surface area (Å²) in [7, 11) is 0. The minimum absolute atomic E-state index is 0.0483. The van der Waals surface area contributed by atoms with E-state index >= 15 is 0 Å². The van der Waals surface area contributed by atoms with Gasteiger partial charge < -0.3 is 54.7 Å². The zero-order valence-electron chi connectivity index (χ0n) is 16.9. The average molecular weight is 478 g/mol. The molecule has 1 fully saturated rings. The van der Waals surface area contributed by atoms with Crippen LogP contribution in [0, 0.1) is 0 Å². The third kappa shape index (κ3) is 3.82. The molecule has 1 saturated heterocycles. The summed E-state index contributed by atoms with van der Waals surface area (Å²) in [5.74, 6) is -5.01. The fraction of sp³-hybridized carbons (Fsp3) is 0.238. The van der Waals surface area contributed by atoms with Crippen LogP contribution in [0.1, 0.15) is 0 Å². The van der Waals surface area contributed by atoms with E-state index in [1.54, 1.807) is 0 Å². The van der Waals surface area contributed by atoms with Crippen LogP contribution < -0.4 is 10.2 Å². The van der Waals surface area contributed by atoms with Crippen LogP contribution >= 0.6 is 0 Å². The molecule has 2 heterocycles. The first-order valence-corrected chi connectivity index (χ1v) is 9.64. The first-order chi connectivity index (χ1) is 16.0. The van der Waals surface area contributed by atoms with Crippen LogP contribution in [0.25, 0.3) is 22.3 Å². The molecule has 4 rings (SSSR count). The lowest BCUT2D eigenvalue weighted by molar-refractivity contribution is -0.271. The standard InChI is InChI=1S/C21H18O13/c22-7-4-9(24)12-11(5-7)32-18(15(27)13(12)25)6-1-2-8(23)10(3-6)33-21-17(29)14(26)16(28)19(34-21)20(30)31/h1-5,14,16-17,19,21-24,26-29H,(H,30,31). The van der Waals surface area contributed by atoms with Crippen molar-refractivity contribution in [3.8, 4) is 40.1 Å².